The molecule has 0 unspecified atom stereocenters. The van der Waals surface area contributed by atoms with Crippen LogP contribution in [0.25, 0.3) is 0 Å². The molecule has 138 valence electrons. The number of halogens is 1. The monoisotopic (exact) mass is 358 g/mol. The van der Waals surface area contributed by atoms with Crippen molar-refractivity contribution in [3.05, 3.63) is 58.3 Å². The van der Waals surface area contributed by atoms with Gasteiger partial charge in [-0.3, -0.25) is 9.59 Å². The number of piperidine rings is 1. The highest BCUT2D eigenvalue weighted by Gasteiger charge is 2.22. The van der Waals surface area contributed by atoms with Crippen LogP contribution in [0.2, 0.25) is 0 Å². The molecule has 0 radical (unpaired) electrons. The number of amides is 1. The van der Waals surface area contributed by atoms with Gasteiger partial charge in [0.15, 0.2) is 0 Å². The Bertz CT molecular complexity index is 828. The summed E-state index contributed by atoms with van der Waals surface area (Å²) in [5.41, 5.74) is 1.12. The first kappa shape index (κ1) is 18.1. The number of carbonyl (C=O) groups excluding carboxylic acids is 1. The molecule has 2 aromatic rings. The second-order valence-electron chi connectivity index (χ2n) is 6.46. The lowest BCUT2D eigenvalue weighted by molar-refractivity contribution is -0.121. The van der Waals surface area contributed by atoms with Gasteiger partial charge in [0.05, 0.1) is 18.3 Å². The van der Waals surface area contributed by atoms with Gasteiger partial charge in [-0.1, -0.05) is 18.2 Å². The summed E-state index contributed by atoms with van der Waals surface area (Å²) in [5, 5.41) is 7.13. The van der Waals surface area contributed by atoms with Gasteiger partial charge in [0.1, 0.15) is 5.82 Å². The van der Waals surface area contributed by atoms with Crippen molar-refractivity contribution in [1.29, 1.82) is 0 Å². The van der Waals surface area contributed by atoms with Crippen LogP contribution in [-0.2, 0) is 17.8 Å². The molecule has 0 atom stereocenters. The lowest BCUT2D eigenvalue weighted by Crippen LogP contribution is -2.45. The summed E-state index contributed by atoms with van der Waals surface area (Å²) in [6, 6.07) is 8.00. The van der Waals surface area contributed by atoms with E-state index in [0.717, 1.165) is 31.6 Å². The molecule has 1 aliphatic heterocycles. The number of nitrogens with zero attached hydrogens (tertiary/aromatic N) is 3. The van der Waals surface area contributed by atoms with Gasteiger partial charge < -0.3 is 10.2 Å². The molecular formula is C19H23FN4O2. The number of benzene rings is 1. The molecule has 1 aliphatic rings. The molecule has 1 aromatic heterocycles. The van der Waals surface area contributed by atoms with E-state index in [9.17, 15) is 14.0 Å². The van der Waals surface area contributed by atoms with E-state index in [1.54, 1.807) is 30.5 Å². The predicted octanol–water partition coefficient (Wildman–Crippen LogP) is 1.73. The van der Waals surface area contributed by atoms with Crippen molar-refractivity contribution < 1.29 is 9.18 Å². The van der Waals surface area contributed by atoms with Crippen LogP contribution >= 0.6 is 0 Å². The zero-order valence-corrected chi connectivity index (χ0v) is 14.8. The highest BCUT2D eigenvalue weighted by atomic mass is 19.1. The van der Waals surface area contributed by atoms with Crippen LogP contribution in [0, 0.1) is 5.82 Å². The number of aromatic nitrogens is 2. The molecule has 1 amide bonds. The zero-order chi connectivity index (χ0) is 18.5. The lowest BCUT2D eigenvalue weighted by Gasteiger charge is -2.33. The van der Waals surface area contributed by atoms with Gasteiger partial charge in [0.2, 0.25) is 5.91 Å². The summed E-state index contributed by atoms with van der Waals surface area (Å²) in [5.74, 6) is -0.521. The molecule has 26 heavy (non-hydrogen) atoms. The molecule has 0 aliphatic carbocycles. The average molecular weight is 358 g/mol. The molecule has 7 heteroatoms. The molecular weight excluding hydrogens is 335 g/mol. The average Bonchev–Trinajstić information content (AvgIpc) is 2.64. The molecule has 1 fully saturated rings. The van der Waals surface area contributed by atoms with E-state index in [-0.39, 0.29) is 29.7 Å². The maximum Gasteiger partial charge on any atom is 0.268 e. The highest BCUT2D eigenvalue weighted by molar-refractivity contribution is 5.79. The Morgan fingerprint density at radius 1 is 1.31 bits per heavy atom. The van der Waals surface area contributed by atoms with Gasteiger partial charge >= 0.3 is 0 Å². The van der Waals surface area contributed by atoms with Crippen LogP contribution in [0.1, 0.15) is 25.3 Å². The minimum absolute atomic E-state index is 0.0477. The van der Waals surface area contributed by atoms with Gasteiger partial charge in [0, 0.05) is 31.7 Å². The first-order valence-electron chi connectivity index (χ1n) is 8.91. The Labute approximate surface area is 151 Å². The van der Waals surface area contributed by atoms with Gasteiger partial charge in [-0.25, -0.2) is 9.07 Å². The second-order valence-corrected chi connectivity index (χ2v) is 6.46. The summed E-state index contributed by atoms with van der Waals surface area (Å²) in [6.07, 6.45) is 3.31. The highest BCUT2D eigenvalue weighted by Crippen LogP contribution is 2.18. The van der Waals surface area contributed by atoms with E-state index in [0.29, 0.717) is 12.1 Å². The molecule has 3 rings (SSSR count). The molecule has 6 nitrogen and oxygen atoms in total. The maximum atomic E-state index is 13.6. The first-order valence-corrected chi connectivity index (χ1v) is 8.91. The fourth-order valence-electron chi connectivity index (χ4n) is 3.21. The van der Waals surface area contributed by atoms with Gasteiger partial charge in [-0.15, -0.1) is 0 Å². The molecule has 1 aromatic carbocycles. The van der Waals surface area contributed by atoms with E-state index in [4.69, 9.17) is 0 Å². The van der Waals surface area contributed by atoms with Crippen molar-refractivity contribution in [3.63, 3.8) is 0 Å². The number of rotatable bonds is 5. The molecule has 1 N–H and O–H groups in total. The van der Waals surface area contributed by atoms with Crippen molar-refractivity contribution in [1.82, 2.24) is 15.1 Å². The predicted molar refractivity (Wildman–Crippen MR) is 97.7 cm³/mol. The van der Waals surface area contributed by atoms with Crippen molar-refractivity contribution in [2.24, 2.45) is 0 Å². The number of anilines is 1. The van der Waals surface area contributed by atoms with Crippen LogP contribution in [0.4, 0.5) is 10.1 Å². The number of hydrogen-bond donors (Lipinski definition) is 1. The number of carbonyl (C=O) groups is 1. The van der Waals surface area contributed by atoms with Crippen LogP contribution < -0.4 is 15.8 Å². The molecule has 0 saturated carbocycles. The summed E-state index contributed by atoms with van der Waals surface area (Å²) >= 11 is 0. The molecule has 2 heterocycles. The van der Waals surface area contributed by atoms with E-state index in [2.05, 4.69) is 15.3 Å². The third-order valence-electron chi connectivity index (χ3n) is 4.69. The maximum absolute atomic E-state index is 13.6. The fourth-order valence-corrected chi connectivity index (χ4v) is 3.21. The normalized spacial score (nSPS) is 15.1. The minimum Gasteiger partial charge on any atom is -0.370 e. The Kier molecular flexibility index (Phi) is 5.65. The first-order chi connectivity index (χ1) is 12.6. The number of hydrogen-bond acceptors (Lipinski definition) is 4. The van der Waals surface area contributed by atoms with Gasteiger partial charge in [-0.2, -0.15) is 5.10 Å². The van der Waals surface area contributed by atoms with E-state index < -0.39 is 0 Å². The molecule has 0 spiro atoms. The lowest BCUT2D eigenvalue weighted by atomic mass is 10.0. The van der Waals surface area contributed by atoms with E-state index in [1.807, 2.05) is 6.92 Å². The van der Waals surface area contributed by atoms with Crippen molar-refractivity contribution in [3.8, 4) is 0 Å². The van der Waals surface area contributed by atoms with Crippen LogP contribution in [-0.4, -0.2) is 34.8 Å². The van der Waals surface area contributed by atoms with Gasteiger partial charge in [0.25, 0.3) is 5.56 Å². The fraction of sp³-hybridized carbons (Fsp3) is 0.421. The largest absolute Gasteiger partial charge is 0.370 e. The SMILES string of the molecule is CCn1ncc(N2CCC(NC(=O)Cc3ccccc3F)CC2)cc1=O. The minimum atomic E-state index is -0.355. The van der Waals surface area contributed by atoms with Gasteiger partial charge in [-0.05, 0) is 31.4 Å². The molecule has 0 bridgehead atoms. The van der Waals surface area contributed by atoms with E-state index >= 15 is 0 Å². The van der Waals surface area contributed by atoms with Crippen molar-refractivity contribution in [2.75, 3.05) is 18.0 Å². The Morgan fingerprint density at radius 3 is 2.69 bits per heavy atom. The van der Waals surface area contributed by atoms with Crippen molar-refractivity contribution >= 4 is 11.6 Å². The van der Waals surface area contributed by atoms with Crippen LogP contribution in [0.5, 0.6) is 0 Å². The second kappa shape index (κ2) is 8.12. The van der Waals surface area contributed by atoms with E-state index in [1.165, 1.54) is 10.7 Å². The smallest absolute Gasteiger partial charge is 0.268 e. The summed E-state index contributed by atoms with van der Waals surface area (Å²) < 4.78 is 15.1. The van der Waals surface area contributed by atoms with Crippen molar-refractivity contribution in [2.45, 2.75) is 38.8 Å². The standard InChI is InChI=1S/C19H23FN4O2/c1-2-24-19(26)12-16(13-21-24)23-9-7-15(8-10-23)22-18(25)11-14-5-3-4-6-17(14)20/h3-6,12-13,15H,2,7-11H2,1H3,(H,22,25). The summed E-state index contributed by atoms with van der Waals surface area (Å²) in [7, 11) is 0. The Balaban J connectivity index is 1.52. The quantitative estimate of drug-likeness (QED) is 0.884. The summed E-state index contributed by atoms with van der Waals surface area (Å²) in [4.78, 5) is 26.2. The third kappa shape index (κ3) is 4.28. The number of nitrogens with one attached hydrogen (secondary N) is 1. The zero-order valence-electron chi connectivity index (χ0n) is 14.8. The third-order valence-corrected chi connectivity index (χ3v) is 4.69. The topological polar surface area (TPSA) is 67.2 Å². The molecule has 1 saturated heterocycles. The number of aryl methyl sites for hydroxylation is 1. The Morgan fingerprint density at radius 2 is 2.04 bits per heavy atom. The van der Waals surface area contributed by atoms with Crippen LogP contribution in [0.3, 0.4) is 0 Å². The Hall–Kier alpha value is -2.70. The van der Waals surface area contributed by atoms with Crippen LogP contribution in [0.15, 0.2) is 41.3 Å². The summed E-state index contributed by atoms with van der Waals surface area (Å²) in [6.45, 7) is 3.91.